The largest absolute Gasteiger partial charge is 0.385 e. The van der Waals surface area contributed by atoms with Crippen LogP contribution < -0.4 is 0 Å². The molecule has 5 heteroatoms. The Balaban J connectivity index is 0. The molecule has 0 atom stereocenters. The Morgan fingerprint density at radius 1 is 1.58 bits per heavy atom. The van der Waals surface area contributed by atoms with E-state index in [4.69, 9.17) is 4.55 Å². The number of ether oxygens (including phenoxy) is 1. The first kappa shape index (κ1) is 14.2. The fraction of sp³-hybridized carbons (Fsp3) is 0.714. The Bertz CT molecular complexity index is 184. The van der Waals surface area contributed by atoms with E-state index in [2.05, 4.69) is 11.3 Å². The van der Waals surface area contributed by atoms with Gasteiger partial charge in [0.15, 0.2) is 0 Å². The van der Waals surface area contributed by atoms with Gasteiger partial charge in [-0.25, -0.2) is 0 Å². The average Bonchev–Trinajstić information content (AvgIpc) is 1.87. The zero-order valence-corrected chi connectivity index (χ0v) is 8.30. The lowest BCUT2D eigenvalue weighted by Crippen LogP contribution is -2.05. The number of methoxy groups -OCH3 is 1. The molecule has 0 aliphatic heterocycles. The van der Waals surface area contributed by atoms with E-state index in [0.29, 0.717) is 13.0 Å². The summed E-state index contributed by atoms with van der Waals surface area (Å²) in [5.74, 6) is -0.221. The molecule has 1 N–H and O–H groups in total. The highest BCUT2D eigenvalue weighted by molar-refractivity contribution is 7.85. The SMILES string of the molecule is C=CC.COCCCS(=O)(=O)O. The quantitative estimate of drug-likeness (QED) is 0.415. The van der Waals surface area contributed by atoms with E-state index in [-0.39, 0.29) is 5.75 Å². The highest BCUT2D eigenvalue weighted by atomic mass is 32.2. The summed E-state index contributed by atoms with van der Waals surface area (Å²) in [5.41, 5.74) is 0. The first-order chi connectivity index (χ1) is 5.47. The maximum Gasteiger partial charge on any atom is 0.264 e. The Morgan fingerprint density at radius 3 is 2.25 bits per heavy atom. The van der Waals surface area contributed by atoms with Gasteiger partial charge in [0.25, 0.3) is 10.1 Å². The van der Waals surface area contributed by atoms with Gasteiger partial charge in [0.1, 0.15) is 0 Å². The fourth-order valence-corrected chi connectivity index (χ4v) is 0.868. The van der Waals surface area contributed by atoms with E-state index in [0.717, 1.165) is 0 Å². The topological polar surface area (TPSA) is 63.6 Å². The van der Waals surface area contributed by atoms with Crippen LogP contribution in [0.25, 0.3) is 0 Å². The van der Waals surface area contributed by atoms with Gasteiger partial charge in [-0.15, -0.1) is 6.58 Å². The molecule has 12 heavy (non-hydrogen) atoms. The van der Waals surface area contributed by atoms with Crippen molar-refractivity contribution in [3.05, 3.63) is 12.7 Å². The highest BCUT2D eigenvalue weighted by Crippen LogP contribution is 1.87. The zero-order valence-electron chi connectivity index (χ0n) is 7.49. The Morgan fingerprint density at radius 2 is 2.00 bits per heavy atom. The summed E-state index contributed by atoms with van der Waals surface area (Å²) in [7, 11) is -2.30. The van der Waals surface area contributed by atoms with Gasteiger partial charge in [0.2, 0.25) is 0 Å². The normalized spacial score (nSPS) is 9.92. The molecule has 0 unspecified atom stereocenters. The molecule has 0 rings (SSSR count). The van der Waals surface area contributed by atoms with E-state index in [1.54, 1.807) is 6.08 Å². The molecule has 0 saturated heterocycles. The van der Waals surface area contributed by atoms with Crippen LogP contribution in [0.5, 0.6) is 0 Å². The molecular weight excluding hydrogens is 180 g/mol. The van der Waals surface area contributed by atoms with Gasteiger partial charge in [-0.05, 0) is 13.3 Å². The average molecular weight is 196 g/mol. The van der Waals surface area contributed by atoms with Gasteiger partial charge in [-0.3, -0.25) is 4.55 Å². The number of rotatable bonds is 4. The third-order valence-electron chi connectivity index (χ3n) is 0.751. The molecule has 0 aromatic rings. The minimum Gasteiger partial charge on any atom is -0.385 e. The third-order valence-corrected chi connectivity index (χ3v) is 1.56. The Hall–Kier alpha value is -0.390. The molecule has 0 heterocycles. The lowest BCUT2D eigenvalue weighted by Gasteiger charge is -1.94. The van der Waals surface area contributed by atoms with E-state index < -0.39 is 10.1 Å². The summed E-state index contributed by atoms with van der Waals surface area (Å²) >= 11 is 0. The van der Waals surface area contributed by atoms with Crippen molar-refractivity contribution in [2.75, 3.05) is 19.5 Å². The van der Waals surface area contributed by atoms with Crippen LogP contribution in [0.15, 0.2) is 12.7 Å². The summed E-state index contributed by atoms with van der Waals surface area (Å²) in [5, 5.41) is 0. The molecule has 0 amide bonds. The molecule has 0 aliphatic carbocycles. The fourth-order valence-electron chi connectivity index (χ4n) is 0.386. The Labute approximate surface area is 74.0 Å². The molecule has 4 nitrogen and oxygen atoms in total. The van der Waals surface area contributed by atoms with Gasteiger partial charge in [0.05, 0.1) is 5.75 Å². The molecule has 0 aromatic heterocycles. The molecule has 74 valence electrons. The molecule has 0 spiro atoms. The summed E-state index contributed by atoms with van der Waals surface area (Å²) in [6.45, 7) is 5.61. The predicted octanol–water partition coefficient (Wildman–Crippen LogP) is 1.10. The van der Waals surface area contributed by atoms with Crippen LogP contribution in [0.2, 0.25) is 0 Å². The Kier molecular flexibility index (Phi) is 10.3. The van der Waals surface area contributed by atoms with Gasteiger partial charge in [-0.2, -0.15) is 8.42 Å². The van der Waals surface area contributed by atoms with E-state index in [1.165, 1.54) is 7.11 Å². The van der Waals surface area contributed by atoms with Gasteiger partial charge >= 0.3 is 0 Å². The molecule has 0 aromatic carbocycles. The number of allylic oxidation sites excluding steroid dienone is 1. The molecule has 0 aliphatic rings. The van der Waals surface area contributed by atoms with E-state index >= 15 is 0 Å². The maximum atomic E-state index is 10.0. The lowest BCUT2D eigenvalue weighted by atomic mass is 10.5. The summed E-state index contributed by atoms with van der Waals surface area (Å²) in [6.07, 6.45) is 2.09. The van der Waals surface area contributed by atoms with Crippen molar-refractivity contribution in [2.45, 2.75) is 13.3 Å². The minimum atomic E-state index is -3.78. The van der Waals surface area contributed by atoms with Crippen LogP contribution in [0.1, 0.15) is 13.3 Å². The number of hydrogen-bond donors (Lipinski definition) is 1. The summed E-state index contributed by atoms with van der Waals surface area (Å²) in [4.78, 5) is 0. The lowest BCUT2D eigenvalue weighted by molar-refractivity contribution is 0.199. The molecule has 0 saturated carbocycles. The number of hydrogen-bond acceptors (Lipinski definition) is 3. The van der Waals surface area contributed by atoms with Crippen molar-refractivity contribution in [3.8, 4) is 0 Å². The first-order valence-corrected chi connectivity index (χ1v) is 5.10. The minimum absolute atomic E-state index is 0.221. The van der Waals surface area contributed by atoms with E-state index in [1.807, 2.05) is 6.92 Å². The van der Waals surface area contributed by atoms with Crippen molar-refractivity contribution in [1.29, 1.82) is 0 Å². The first-order valence-electron chi connectivity index (χ1n) is 3.49. The molecule has 0 radical (unpaired) electrons. The standard InChI is InChI=1S/C4H10O4S.C3H6/c1-8-3-2-4-9(5,6)7;1-3-2/h2-4H2,1H3,(H,5,6,7);3H,1H2,2H3. The second kappa shape index (κ2) is 8.70. The third kappa shape index (κ3) is 22.6. The monoisotopic (exact) mass is 196 g/mol. The van der Waals surface area contributed by atoms with Crippen LogP contribution in [0, 0.1) is 0 Å². The van der Waals surface area contributed by atoms with Crippen LogP contribution in [0.4, 0.5) is 0 Å². The van der Waals surface area contributed by atoms with Gasteiger partial charge < -0.3 is 4.74 Å². The van der Waals surface area contributed by atoms with E-state index in [9.17, 15) is 8.42 Å². The second-order valence-corrected chi connectivity index (χ2v) is 3.61. The van der Waals surface area contributed by atoms with Crippen molar-refractivity contribution in [1.82, 2.24) is 0 Å². The van der Waals surface area contributed by atoms with Crippen molar-refractivity contribution >= 4 is 10.1 Å². The van der Waals surface area contributed by atoms with Crippen LogP contribution >= 0.6 is 0 Å². The van der Waals surface area contributed by atoms with Crippen molar-refractivity contribution in [2.24, 2.45) is 0 Å². The maximum absolute atomic E-state index is 10.0. The second-order valence-electron chi connectivity index (χ2n) is 2.04. The molecule has 0 bridgehead atoms. The summed E-state index contributed by atoms with van der Waals surface area (Å²) < 4.78 is 32.7. The predicted molar refractivity (Wildman–Crippen MR) is 48.8 cm³/mol. The molecule has 0 fully saturated rings. The van der Waals surface area contributed by atoms with Gasteiger partial charge in [-0.1, -0.05) is 6.08 Å². The van der Waals surface area contributed by atoms with Gasteiger partial charge in [0, 0.05) is 13.7 Å². The smallest absolute Gasteiger partial charge is 0.264 e. The van der Waals surface area contributed by atoms with Crippen LogP contribution in [0.3, 0.4) is 0 Å². The van der Waals surface area contributed by atoms with Crippen LogP contribution in [-0.2, 0) is 14.9 Å². The zero-order chi connectivity index (χ0) is 10.0. The van der Waals surface area contributed by atoms with Crippen LogP contribution in [-0.4, -0.2) is 32.4 Å². The highest BCUT2D eigenvalue weighted by Gasteiger charge is 2.01. The van der Waals surface area contributed by atoms with Crippen molar-refractivity contribution in [3.63, 3.8) is 0 Å². The molecular formula is C7H16O4S. The van der Waals surface area contributed by atoms with Crippen molar-refractivity contribution < 1.29 is 17.7 Å². The summed E-state index contributed by atoms with van der Waals surface area (Å²) in [6, 6.07) is 0.